The molecular formula is C24H30O5. The Balaban J connectivity index is 1.63. The van der Waals surface area contributed by atoms with Crippen molar-refractivity contribution in [2.75, 3.05) is 6.61 Å². The molecule has 29 heavy (non-hydrogen) atoms. The predicted octanol–water partition coefficient (Wildman–Crippen LogP) is 4.20. The van der Waals surface area contributed by atoms with Gasteiger partial charge in [-0.2, -0.15) is 0 Å². The molecule has 156 valence electrons. The van der Waals surface area contributed by atoms with Gasteiger partial charge in [0.25, 0.3) is 0 Å². The van der Waals surface area contributed by atoms with E-state index in [2.05, 4.69) is 20.8 Å². The second kappa shape index (κ2) is 6.98. The van der Waals surface area contributed by atoms with Crippen LogP contribution in [0.3, 0.4) is 0 Å². The average molecular weight is 398 g/mol. The second-order valence-corrected chi connectivity index (χ2v) is 9.55. The SMILES string of the molecule is C[C@@H]1C[C@H](O)[C@]2(C)[C@H](C)C(=O)CC[C@H]2[C@]1(C)COc1ccc2ccc(=O)oc2c1. The van der Waals surface area contributed by atoms with E-state index in [1.807, 2.05) is 19.1 Å². The summed E-state index contributed by atoms with van der Waals surface area (Å²) in [4.78, 5) is 24.0. The number of benzene rings is 1. The highest BCUT2D eigenvalue weighted by molar-refractivity contribution is 5.82. The molecule has 2 aliphatic carbocycles. The number of ether oxygens (including phenoxy) is 1. The Kier molecular flexibility index (Phi) is 4.85. The van der Waals surface area contributed by atoms with Crippen LogP contribution < -0.4 is 10.4 Å². The van der Waals surface area contributed by atoms with Crippen LogP contribution in [-0.2, 0) is 4.79 Å². The number of aliphatic hydroxyl groups is 1. The van der Waals surface area contributed by atoms with Gasteiger partial charge in [-0.3, -0.25) is 4.79 Å². The third kappa shape index (κ3) is 3.10. The van der Waals surface area contributed by atoms with Gasteiger partial charge in [0.05, 0.1) is 12.7 Å². The topological polar surface area (TPSA) is 76.7 Å². The zero-order chi connectivity index (χ0) is 21.0. The molecule has 1 aromatic carbocycles. The number of carbonyl (C=O) groups excluding carboxylic acids is 1. The number of hydrogen-bond acceptors (Lipinski definition) is 5. The number of aliphatic hydroxyl groups excluding tert-OH is 1. The average Bonchev–Trinajstić information content (AvgIpc) is 2.69. The van der Waals surface area contributed by atoms with E-state index < -0.39 is 11.5 Å². The highest BCUT2D eigenvalue weighted by Crippen LogP contribution is 2.61. The third-order valence-electron chi connectivity index (χ3n) is 8.21. The number of carbonyl (C=O) groups is 1. The summed E-state index contributed by atoms with van der Waals surface area (Å²) in [5, 5.41) is 11.8. The summed E-state index contributed by atoms with van der Waals surface area (Å²) in [5.74, 6) is 1.21. The van der Waals surface area contributed by atoms with Crippen molar-refractivity contribution in [3.63, 3.8) is 0 Å². The number of Topliss-reactive ketones (excluding diaryl/α,β-unsaturated/α-hetero) is 1. The summed E-state index contributed by atoms with van der Waals surface area (Å²) in [7, 11) is 0. The van der Waals surface area contributed by atoms with Crippen molar-refractivity contribution in [2.24, 2.45) is 28.6 Å². The van der Waals surface area contributed by atoms with Crippen LogP contribution in [0.1, 0.15) is 47.0 Å². The van der Waals surface area contributed by atoms with Gasteiger partial charge in [0.2, 0.25) is 0 Å². The molecule has 0 saturated heterocycles. The zero-order valence-corrected chi connectivity index (χ0v) is 17.6. The van der Waals surface area contributed by atoms with E-state index in [0.717, 1.165) is 11.8 Å². The maximum absolute atomic E-state index is 12.4. The van der Waals surface area contributed by atoms with Crippen molar-refractivity contribution in [3.05, 3.63) is 40.8 Å². The van der Waals surface area contributed by atoms with Gasteiger partial charge in [-0.05, 0) is 42.9 Å². The van der Waals surface area contributed by atoms with Crippen molar-refractivity contribution in [1.29, 1.82) is 0 Å². The Hall–Kier alpha value is -2.14. The minimum atomic E-state index is -0.482. The third-order valence-corrected chi connectivity index (χ3v) is 8.21. The Morgan fingerprint density at radius 3 is 2.66 bits per heavy atom. The Bertz CT molecular complexity index is 994. The van der Waals surface area contributed by atoms with E-state index in [1.54, 1.807) is 12.1 Å². The smallest absolute Gasteiger partial charge is 0.336 e. The lowest BCUT2D eigenvalue weighted by Gasteiger charge is -2.61. The van der Waals surface area contributed by atoms with Crippen LogP contribution in [0.15, 0.2) is 39.5 Å². The summed E-state index contributed by atoms with van der Waals surface area (Å²) < 4.78 is 11.5. The summed E-state index contributed by atoms with van der Waals surface area (Å²) in [6, 6.07) is 8.68. The summed E-state index contributed by atoms with van der Waals surface area (Å²) in [5.41, 5.74) is -0.479. The molecule has 5 nitrogen and oxygen atoms in total. The molecular weight excluding hydrogens is 368 g/mol. The standard InChI is InChI=1S/C24H30O5/c1-14-11-21(26)24(4)15(2)18(25)8-9-20(24)23(14,3)13-28-17-7-5-16-6-10-22(27)29-19(16)12-17/h5-7,10,12,14-15,20-21,26H,8-9,11,13H2,1-4H3/t14-,15-,20+,21+,23-,24-/m1/s1. The fourth-order valence-corrected chi connectivity index (χ4v) is 5.84. The van der Waals surface area contributed by atoms with Crippen molar-refractivity contribution in [2.45, 2.75) is 53.1 Å². The van der Waals surface area contributed by atoms with E-state index in [1.165, 1.54) is 6.07 Å². The van der Waals surface area contributed by atoms with Gasteiger partial charge in [0.1, 0.15) is 17.1 Å². The highest BCUT2D eigenvalue weighted by Gasteiger charge is 2.61. The predicted molar refractivity (Wildman–Crippen MR) is 111 cm³/mol. The number of ketones is 1. The van der Waals surface area contributed by atoms with Crippen LogP contribution in [0.25, 0.3) is 11.0 Å². The van der Waals surface area contributed by atoms with Crippen molar-refractivity contribution in [3.8, 4) is 5.75 Å². The first-order valence-corrected chi connectivity index (χ1v) is 10.5. The van der Waals surface area contributed by atoms with Gasteiger partial charge in [0, 0.05) is 40.7 Å². The van der Waals surface area contributed by atoms with Gasteiger partial charge in [-0.15, -0.1) is 0 Å². The highest BCUT2D eigenvalue weighted by atomic mass is 16.5. The molecule has 6 atom stereocenters. The molecule has 2 fully saturated rings. The van der Waals surface area contributed by atoms with Crippen molar-refractivity contribution in [1.82, 2.24) is 0 Å². The van der Waals surface area contributed by atoms with Gasteiger partial charge in [0.15, 0.2) is 0 Å². The van der Waals surface area contributed by atoms with Gasteiger partial charge in [-0.25, -0.2) is 4.79 Å². The van der Waals surface area contributed by atoms with E-state index in [4.69, 9.17) is 9.15 Å². The lowest BCUT2D eigenvalue weighted by atomic mass is 9.44. The molecule has 4 rings (SSSR count). The maximum Gasteiger partial charge on any atom is 0.336 e. The van der Waals surface area contributed by atoms with Crippen LogP contribution in [0, 0.1) is 28.6 Å². The number of rotatable bonds is 3. The van der Waals surface area contributed by atoms with E-state index in [9.17, 15) is 14.7 Å². The van der Waals surface area contributed by atoms with Crippen LogP contribution in [-0.4, -0.2) is 23.6 Å². The zero-order valence-electron chi connectivity index (χ0n) is 17.6. The fourth-order valence-electron chi connectivity index (χ4n) is 5.84. The fraction of sp³-hybridized carbons (Fsp3) is 0.583. The second-order valence-electron chi connectivity index (χ2n) is 9.55. The molecule has 0 amide bonds. The molecule has 1 heterocycles. The lowest BCUT2D eigenvalue weighted by Crippen LogP contribution is -2.62. The summed E-state index contributed by atoms with van der Waals surface area (Å²) >= 11 is 0. The minimum absolute atomic E-state index is 0.155. The maximum atomic E-state index is 12.4. The molecule has 1 N–H and O–H groups in total. The summed E-state index contributed by atoms with van der Waals surface area (Å²) in [6.07, 6.45) is 1.53. The first-order chi connectivity index (χ1) is 13.7. The molecule has 2 aliphatic rings. The molecule has 1 aromatic heterocycles. The van der Waals surface area contributed by atoms with Gasteiger partial charge < -0.3 is 14.3 Å². The molecule has 2 saturated carbocycles. The monoisotopic (exact) mass is 398 g/mol. The molecule has 5 heteroatoms. The molecule has 0 spiro atoms. The largest absolute Gasteiger partial charge is 0.493 e. The van der Waals surface area contributed by atoms with E-state index in [0.29, 0.717) is 30.8 Å². The Labute approximate surface area is 171 Å². The summed E-state index contributed by atoms with van der Waals surface area (Å²) in [6.45, 7) is 8.95. The Morgan fingerprint density at radius 1 is 1.17 bits per heavy atom. The molecule has 0 radical (unpaired) electrons. The van der Waals surface area contributed by atoms with Crippen LogP contribution >= 0.6 is 0 Å². The normalized spacial score (nSPS) is 37.3. The lowest BCUT2D eigenvalue weighted by molar-refractivity contribution is -0.186. The number of hydrogen-bond donors (Lipinski definition) is 1. The first-order valence-electron chi connectivity index (χ1n) is 10.5. The van der Waals surface area contributed by atoms with Crippen LogP contribution in [0.5, 0.6) is 5.75 Å². The molecule has 0 unspecified atom stereocenters. The molecule has 0 aliphatic heterocycles. The van der Waals surface area contributed by atoms with Crippen molar-refractivity contribution < 1.29 is 19.1 Å². The van der Waals surface area contributed by atoms with Gasteiger partial charge in [-0.1, -0.05) is 27.7 Å². The molecule has 0 bridgehead atoms. The minimum Gasteiger partial charge on any atom is -0.493 e. The Morgan fingerprint density at radius 2 is 1.90 bits per heavy atom. The molecule has 2 aromatic rings. The quantitative estimate of drug-likeness (QED) is 0.784. The van der Waals surface area contributed by atoms with Crippen LogP contribution in [0.2, 0.25) is 0 Å². The van der Waals surface area contributed by atoms with Crippen LogP contribution in [0.4, 0.5) is 0 Å². The van der Waals surface area contributed by atoms with Crippen molar-refractivity contribution >= 4 is 16.8 Å². The van der Waals surface area contributed by atoms with E-state index >= 15 is 0 Å². The first kappa shape index (κ1) is 20.1. The van der Waals surface area contributed by atoms with Gasteiger partial charge >= 0.3 is 5.63 Å². The van der Waals surface area contributed by atoms with E-state index in [-0.39, 0.29) is 34.6 Å². The number of fused-ring (bicyclic) bond motifs is 2.